The molecule has 116 valence electrons. The van der Waals surface area contributed by atoms with Gasteiger partial charge >= 0.3 is 5.97 Å². The molecule has 0 aliphatic heterocycles. The molecule has 0 unspecified atom stereocenters. The normalized spacial score (nSPS) is 37.9. The first-order valence-corrected chi connectivity index (χ1v) is 7.55. The van der Waals surface area contributed by atoms with Crippen molar-refractivity contribution >= 4 is 18.5 Å². The fourth-order valence-corrected chi connectivity index (χ4v) is 4.52. The van der Waals surface area contributed by atoms with Crippen LogP contribution in [0.1, 0.15) is 47.0 Å². The van der Waals surface area contributed by atoms with Crippen LogP contribution in [0.25, 0.3) is 0 Å². The monoisotopic (exact) mass is 292 g/mol. The zero-order valence-electron chi connectivity index (χ0n) is 13.2. The molecule has 0 aromatic heterocycles. The average Bonchev–Trinajstić information content (AvgIpc) is 2.40. The van der Waals surface area contributed by atoms with Crippen LogP contribution < -0.4 is 0 Å². The summed E-state index contributed by atoms with van der Waals surface area (Å²) in [6.45, 7) is 7.79. The number of aldehydes is 2. The van der Waals surface area contributed by atoms with Gasteiger partial charge in [0.15, 0.2) is 0 Å². The third-order valence-corrected chi connectivity index (χ3v) is 5.64. The van der Waals surface area contributed by atoms with Crippen LogP contribution in [0, 0.1) is 22.7 Å². The van der Waals surface area contributed by atoms with Gasteiger partial charge in [-0.25, -0.2) is 0 Å². The van der Waals surface area contributed by atoms with Crippen molar-refractivity contribution in [3.63, 3.8) is 0 Å². The number of rotatable bonds is 3. The molecule has 0 aromatic carbocycles. The quantitative estimate of drug-likeness (QED) is 0.593. The number of fused-ring (bicyclic) bond motifs is 1. The van der Waals surface area contributed by atoms with E-state index in [-0.39, 0.29) is 23.4 Å². The van der Waals surface area contributed by atoms with Crippen LogP contribution >= 0.6 is 0 Å². The molecular formula is C17H24O4. The van der Waals surface area contributed by atoms with Gasteiger partial charge in [0.25, 0.3) is 0 Å². The SMILES string of the molecule is CC(=O)O[C@@H]1CCC(C)(C)[C@@H]2CC=C(C=O)[C@H](C=O)[C@@]12C. The second-order valence-corrected chi connectivity index (χ2v) is 7.22. The van der Waals surface area contributed by atoms with Crippen LogP contribution in [0.4, 0.5) is 0 Å². The summed E-state index contributed by atoms with van der Waals surface area (Å²) >= 11 is 0. The smallest absolute Gasteiger partial charge is 0.302 e. The van der Waals surface area contributed by atoms with Crippen LogP contribution in [0.5, 0.6) is 0 Å². The number of esters is 1. The Morgan fingerprint density at radius 3 is 2.52 bits per heavy atom. The predicted molar refractivity (Wildman–Crippen MR) is 78.5 cm³/mol. The van der Waals surface area contributed by atoms with Crippen molar-refractivity contribution in [2.75, 3.05) is 0 Å². The van der Waals surface area contributed by atoms with Crippen LogP contribution in [0.15, 0.2) is 11.6 Å². The maximum absolute atomic E-state index is 11.7. The molecule has 0 saturated heterocycles. The number of hydrogen-bond acceptors (Lipinski definition) is 4. The average molecular weight is 292 g/mol. The molecular weight excluding hydrogens is 268 g/mol. The number of hydrogen-bond donors (Lipinski definition) is 0. The van der Waals surface area contributed by atoms with Gasteiger partial charge in [-0.15, -0.1) is 0 Å². The van der Waals surface area contributed by atoms with Crippen molar-refractivity contribution in [1.29, 1.82) is 0 Å². The molecule has 0 bridgehead atoms. The van der Waals surface area contributed by atoms with E-state index in [4.69, 9.17) is 4.74 Å². The zero-order chi connectivity index (χ0) is 15.8. The highest BCUT2D eigenvalue weighted by Crippen LogP contribution is 2.59. The van der Waals surface area contributed by atoms with Crippen LogP contribution in [0.3, 0.4) is 0 Å². The zero-order valence-corrected chi connectivity index (χ0v) is 13.2. The Bertz CT molecular complexity index is 491. The molecule has 4 heteroatoms. The van der Waals surface area contributed by atoms with E-state index < -0.39 is 11.3 Å². The molecule has 1 saturated carbocycles. The lowest BCUT2D eigenvalue weighted by Crippen LogP contribution is -2.57. The first-order valence-electron chi connectivity index (χ1n) is 7.55. The summed E-state index contributed by atoms with van der Waals surface area (Å²) in [4.78, 5) is 34.4. The summed E-state index contributed by atoms with van der Waals surface area (Å²) in [5.74, 6) is -0.619. The summed E-state index contributed by atoms with van der Waals surface area (Å²) in [5, 5.41) is 0. The van der Waals surface area contributed by atoms with Gasteiger partial charge in [0.1, 0.15) is 18.7 Å². The molecule has 4 atom stereocenters. The fourth-order valence-electron chi connectivity index (χ4n) is 4.52. The van der Waals surface area contributed by atoms with Crippen molar-refractivity contribution in [2.45, 2.75) is 53.1 Å². The molecule has 21 heavy (non-hydrogen) atoms. The van der Waals surface area contributed by atoms with Crippen LogP contribution in [0.2, 0.25) is 0 Å². The second-order valence-electron chi connectivity index (χ2n) is 7.22. The topological polar surface area (TPSA) is 60.4 Å². The van der Waals surface area contributed by atoms with E-state index in [2.05, 4.69) is 13.8 Å². The Labute approximate surface area is 125 Å². The van der Waals surface area contributed by atoms with Gasteiger partial charge in [-0.2, -0.15) is 0 Å². The molecule has 0 heterocycles. The van der Waals surface area contributed by atoms with E-state index in [1.165, 1.54) is 6.92 Å². The summed E-state index contributed by atoms with van der Waals surface area (Å²) < 4.78 is 5.54. The largest absolute Gasteiger partial charge is 0.462 e. The standard InChI is InChI=1S/C17H24O4/c1-11(20)21-15-7-8-16(2,3)14-6-5-12(9-18)13(10-19)17(14,15)4/h5,9-10,13-15H,6-8H2,1-4H3/t13-,14-,15+,17+/m0/s1. The second kappa shape index (κ2) is 5.39. The number of allylic oxidation sites excluding steroid dienone is 2. The Hall–Kier alpha value is -1.45. The molecule has 0 spiro atoms. The van der Waals surface area contributed by atoms with Crippen LogP contribution in [-0.4, -0.2) is 24.6 Å². The summed E-state index contributed by atoms with van der Waals surface area (Å²) in [7, 11) is 0. The van der Waals surface area contributed by atoms with E-state index in [1.54, 1.807) is 0 Å². The highest BCUT2D eigenvalue weighted by Gasteiger charge is 2.58. The van der Waals surface area contributed by atoms with Gasteiger partial charge in [-0.1, -0.05) is 26.8 Å². The van der Waals surface area contributed by atoms with Crippen molar-refractivity contribution in [3.05, 3.63) is 11.6 Å². The lowest BCUT2D eigenvalue weighted by atomic mass is 9.48. The van der Waals surface area contributed by atoms with Gasteiger partial charge in [-0.3, -0.25) is 9.59 Å². The summed E-state index contributed by atoms with van der Waals surface area (Å²) in [5.41, 5.74) is 0.0659. The van der Waals surface area contributed by atoms with Gasteiger partial charge < -0.3 is 9.53 Å². The predicted octanol–water partition coefficient (Wildman–Crippen LogP) is 2.70. The number of carbonyl (C=O) groups excluding carboxylic acids is 3. The van der Waals surface area contributed by atoms with E-state index in [9.17, 15) is 14.4 Å². The Kier molecular flexibility index (Phi) is 4.09. The highest BCUT2D eigenvalue weighted by molar-refractivity contribution is 5.82. The van der Waals surface area contributed by atoms with Gasteiger partial charge in [0.2, 0.25) is 0 Å². The summed E-state index contributed by atoms with van der Waals surface area (Å²) in [6.07, 6.45) is 5.62. The summed E-state index contributed by atoms with van der Waals surface area (Å²) in [6, 6.07) is 0. The highest BCUT2D eigenvalue weighted by atomic mass is 16.5. The minimum atomic E-state index is -0.514. The third-order valence-electron chi connectivity index (χ3n) is 5.64. The van der Waals surface area contributed by atoms with Crippen LogP contribution in [-0.2, 0) is 19.1 Å². The van der Waals surface area contributed by atoms with E-state index in [1.807, 2.05) is 13.0 Å². The minimum Gasteiger partial charge on any atom is -0.462 e. The lowest BCUT2D eigenvalue weighted by Gasteiger charge is -2.57. The Morgan fingerprint density at radius 1 is 1.33 bits per heavy atom. The molecule has 0 aromatic rings. The molecule has 0 N–H and O–H groups in total. The molecule has 0 radical (unpaired) electrons. The Morgan fingerprint density at radius 2 is 2.00 bits per heavy atom. The van der Waals surface area contributed by atoms with Gasteiger partial charge in [0.05, 0.1) is 5.92 Å². The third kappa shape index (κ3) is 2.45. The van der Waals surface area contributed by atoms with Gasteiger partial charge in [-0.05, 0) is 36.2 Å². The number of carbonyl (C=O) groups is 3. The van der Waals surface area contributed by atoms with Crippen molar-refractivity contribution < 1.29 is 19.1 Å². The van der Waals surface area contributed by atoms with Gasteiger partial charge in [0, 0.05) is 12.3 Å². The van der Waals surface area contributed by atoms with Crippen molar-refractivity contribution in [1.82, 2.24) is 0 Å². The van der Waals surface area contributed by atoms with Crippen molar-refractivity contribution in [2.24, 2.45) is 22.7 Å². The fraction of sp³-hybridized carbons (Fsp3) is 0.706. The molecule has 4 nitrogen and oxygen atoms in total. The maximum Gasteiger partial charge on any atom is 0.302 e. The first-order chi connectivity index (χ1) is 9.77. The maximum atomic E-state index is 11.7. The molecule has 2 aliphatic rings. The lowest BCUT2D eigenvalue weighted by molar-refractivity contribution is -0.177. The Balaban J connectivity index is 2.52. The molecule has 2 aliphatic carbocycles. The first kappa shape index (κ1) is 15.9. The van der Waals surface area contributed by atoms with Crippen molar-refractivity contribution in [3.8, 4) is 0 Å². The number of ether oxygens (including phenoxy) is 1. The van der Waals surface area contributed by atoms with E-state index in [0.29, 0.717) is 5.57 Å². The molecule has 0 amide bonds. The minimum absolute atomic E-state index is 0.0531. The van der Waals surface area contributed by atoms with E-state index in [0.717, 1.165) is 31.8 Å². The van der Waals surface area contributed by atoms with E-state index >= 15 is 0 Å². The molecule has 1 fully saturated rings. The molecule has 2 rings (SSSR count).